The molecule has 0 heterocycles. The number of alkyl halides is 1. The van der Waals surface area contributed by atoms with Crippen LogP contribution in [0.3, 0.4) is 0 Å². The number of rotatable bonds is 5. The largest absolute Gasteiger partial charge is 0.492 e. The third-order valence-corrected chi connectivity index (χ3v) is 2.34. The number of carbonyl (C=O) groups is 1. The van der Waals surface area contributed by atoms with Crippen LogP contribution in [0.15, 0.2) is 24.3 Å². The second kappa shape index (κ2) is 6.45. The van der Waals surface area contributed by atoms with E-state index in [1.165, 1.54) is 5.56 Å². The third-order valence-electron chi connectivity index (χ3n) is 1.84. The molecule has 1 amide bonds. The van der Waals surface area contributed by atoms with Crippen LogP contribution in [0.25, 0.3) is 0 Å². The Morgan fingerprint density at radius 3 is 2.67 bits per heavy atom. The van der Waals surface area contributed by atoms with Crippen LogP contribution in [0.5, 0.6) is 5.75 Å². The Bertz CT molecular complexity index is 311. The number of amides is 1. The Hall–Kier alpha value is -1.03. The maximum Gasteiger partial charge on any atom is 0.230 e. The van der Waals surface area contributed by atoms with Gasteiger partial charge in [-0.1, -0.05) is 33.6 Å². The van der Waals surface area contributed by atoms with Gasteiger partial charge in [0.05, 0.1) is 11.9 Å². The monoisotopic (exact) mass is 271 g/mol. The Morgan fingerprint density at radius 2 is 2.07 bits per heavy atom. The molecular weight excluding hydrogens is 258 g/mol. The average molecular weight is 272 g/mol. The molecule has 0 unspecified atom stereocenters. The molecule has 0 fully saturated rings. The van der Waals surface area contributed by atoms with Crippen LogP contribution in [0.4, 0.5) is 0 Å². The normalized spacial score (nSPS) is 9.73. The van der Waals surface area contributed by atoms with Crippen LogP contribution in [0.1, 0.15) is 5.56 Å². The van der Waals surface area contributed by atoms with Gasteiger partial charge in [-0.05, 0) is 19.1 Å². The lowest BCUT2D eigenvalue weighted by Crippen LogP contribution is -2.28. The van der Waals surface area contributed by atoms with Crippen LogP contribution in [0.2, 0.25) is 0 Å². The first kappa shape index (κ1) is 12.0. The van der Waals surface area contributed by atoms with Crippen molar-refractivity contribution in [3.63, 3.8) is 0 Å². The fourth-order valence-electron chi connectivity index (χ4n) is 1.04. The molecule has 0 aliphatic rings. The first-order valence-electron chi connectivity index (χ1n) is 4.74. The highest BCUT2D eigenvalue weighted by Crippen LogP contribution is 2.10. The van der Waals surface area contributed by atoms with E-state index in [0.29, 0.717) is 18.5 Å². The van der Waals surface area contributed by atoms with Gasteiger partial charge in [0.1, 0.15) is 12.4 Å². The van der Waals surface area contributed by atoms with Crippen molar-refractivity contribution < 1.29 is 9.53 Å². The van der Waals surface area contributed by atoms with E-state index in [1.54, 1.807) is 0 Å². The zero-order valence-corrected chi connectivity index (χ0v) is 10.2. The van der Waals surface area contributed by atoms with E-state index in [1.807, 2.05) is 31.2 Å². The van der Waals surface area contributed by atoms with Gasteiger partial charge in [0.25, 0.3) is 0 Å². The Morgan fingerprint density at radius 1 is 1.40 bits per heavy atom. The molecular formula is C11H14BrNO2. The molecule has 3 nitrogen and oxygen atoms in total. The van der Waals surface area contributed by atoms with Crippen LogP contribution < -0.4 is 10.1 Å². The summed E-state index contributed by atoms with van der Waals surface area (Å²) in [4.78, 5) is 10.9. The minimum Gasteiger partial charge on any atom is -0.492 e. The van der Waals surface area contributed by atoms with E-state index >= 15 is 0 Å². The van der Waals surface area contributed by atoms with E-state index < -0.39 is 0 Å². The summed E-state index contributed by atoms with van der Waals surface area (Å²) in [6.07, 6.45) is 0. The van der Waals surface area contributed by atoms with Gasteiger partial charge < -0.3 is 10.1 Å². The zero-order chi connectivity index (χ0) is 11.1. The molecule has 82 valence electrons. The fraction of sp³-hybridized carbons (Fsp3) is 0.364. The molecule has 0 saturated carbocycles. The van der Waals surface area contributed by atoms with Crippen molar-refractivity contribution in [1.29, 1.82) is 0 Å². The topological polar surface area (TPSA) is 38.3 Å². The maximum absolute atomic E-state index is 10.9. The molecule has 0 aliphatic heterocycles. The zero-order valence-electron chi connectivity index (χ0n) is 8.63. The van der Waals surface area contributed by atoms with Crippen LogP contribution >= 0.6 is 15.9 Å². The lowest BCUT2D eigenvalue weighted by molar-refractivity contribution is -0.118. The van der Waals surface area contributed by atoms with Gasteiger partial charge in [0, 0.05) is 0 Å². The highest BCUT2D eigenvalue weighted by Gasteiger charge is 1.96. The van der Waals surface area contributed by atoms with Crippen molar-refractivity contribution >= 4 is 21.8 Å². The van der Waals surface area contributed by atoms with Crippen LogP contribution in [-0.2, 0) is 4.79 Å². The predicted molar refractivity (Wildman–Crippen MR) is 63.5 cm³/mol. The summed E-state index contributed by atoms with van der Waals surface area (Å²) in [5.41, 5.74) is 1.20. The molecule has 1 rings (SSSR count). The summed E-state index contributed by atoms with van der Waals surface area (Å²) < 4.78 is 5.43. The lowest BCUT2D eigenvalue weighted by Gasteiger charge is -2.06. The number of carbonyl (C=O) groups excluding carboxylic acids is 1. The molecule has 0 aliphatic carbocycles. The number of ether oxygens (including phenoxy) is 1. The summed E-state index contributed by atoms with van der Waals surface area (Å²) in [5, 5.41) is 3.03. The molecule has 15 heavy (non-hydrogen) atoms. The Kier molecular flexibility index (Phi) is 5.18. The van der Waals surface area contributed by atoms with Crippen molar-refractivity contribution in [3.8, 4) is 5.75 Å². The molecule has 0 spiro atoms. The quantitative estimate of drug-likeness (QED) is 0.656. The highest BCUT2D eigenvalue weighted by atomic mass is 79.9. The molecule has 1 aromatic rings. The maximum atomic E-state index is 10.9. The van der Waals surface area contributed by atoms with Gasteiger partial charge in [-0.3, -0.25) is 4.79 Å². The SMILES string of the molecule is Cc1ccc(OCCNC(=O)CBr)cc1. The summed E-state index contributed by atoms with van der Waals surface area (Å²) in [7, 11) is 0. The molecule has 0 saturated heterocycles. The lowest BCUT2D eigenvalue weighted by atomic mass is 10.2. The standard InChI is InChI=1S/C11H14BrNO2/c1-9-2-4-10(5-3-9)15-7-6-13-11(14)8-12/h2-5H,6-8H2,1H3,(H,13,14). The first-order valence-corrected chi connectivity index (χ1v) is 5.86. The van der Waals surface area contributed by atoms with Gasteiger partial charge in [-0.25, -0.2) is 0 Å². The van der Waals surface area contributed by atoms with Gasteiger partial charge in [0.15, 0.2) is 0 Å². The smallest absolute Gasteiger partial charge is 0.230 e. The molecule has 0 aromatic heterocycles. The second-order valence-corrected chi connectivity index (χ2v) is 3.71. The predicted octanol–water partition coefficient (Wildman–Crippen LogP) is 1.88. The third kappa shape index (κ3) is 4.83. The highest BCUT2D eigenvalue weighted by molar-refractivity contribution is 9.09. The number of hydrogen-bond donors (Lipinski definition) is 1. The molecule has 0 atom stereocenters. The molecule has 0 radical (unpaired) electrons. The molecule has 1 aromatic carbocycles. The summed E-state index contributed by atoms with van der Waals surface area (Å²) in [5.74, 6) is 0.802. The van der Waals surface area contributed by atoms with Crippen molar-refractivity contribution in [2.24, 2.45) is 0 Å². The second-order valence-electron chi connectivity index (χ2n) is 3.15. The fourth-order valence-corrected chi connectivity index (χ4v) is 1.24. The Labute approximate surface area is 97.9 Å². The number of benzene rings is 1. The van der Waals surface area contributed by atoms with E-state index in [4.69, 9.17) is 4.74 Å². The minimum atomic E-state index is -0.0255. The van der Waals surface area contributed by atoms with E-state index in [2.05, 4.69) is 21.2 Å². The van der Waals surface area contributed by atoms with Crippen LogP contribution in [0, 0.1) is 6.92 Å². The summed E-state index contributed by atoms with van der Waals surface area (Å²) in [6, 6.07) is 7.82. The number of aryl methyl sites for hydroxylation is 1. The number of nitrogens with one attached hydrogen (secondary N) is 1. The van der Waals surface area contributed by atoms with E-state index in [0.717, 1.165) is 5.75 Å². The average Bonchev–Trinajstić information content (AvgIpc) is 2.26. The summed E-state index contributed by atoms with van der Waals surface area (Å²) in [6.45, 7) is 3.04. The molecule has 0 bridgehead atoms. The number of hydrogen-bond acceptors (Lipinski definition) is 2. The number of halogens is 1. The van der Waals surface area contributed by atoms with E-state index in [9.17, 15) is 4.79 Å². The van der Waals surface area contributed by atoms with Crippen LogP contribution in [-0.4, -0.2) is 24.4 Å². The van der Waals surface area contributed by atoms with E-state index in [-0.39, 0.29) is 5.91 Å². The van der Waals surface area contributed by atoms with Crippen molar-refractivity contribution in [2.75, 3.05) is 18.5 Å². The van der Waals surface area contributed by atoms with Gasteiger partial charge >= 0.3 is 0 Å². The van der Waals surface area contributed by atoms with Crippen molar-refractivity contribution in [2.45, 2.75) is 6.92 Å². The minimum absolute atomic E-state index is 0.0255. The molecule has 4 heteroatoms. The summed E-state index contributed by atoms with van der Waals surface area (Å²) >= 11 is 3.07. The van der Waals surface area contributed by atoms with Gasteiger partial charge in [-0.2, -0.15) is 0 Å². The van der Waals surface area contributed by atoms with Gasteiger partial charge in [0.2, 0.25) is 5.91 Å². The Balaban J connectivity index is 2.20. The van der Waals surface area contributed by atoms with Gasteiger partial charge in [-0.15, -0.1) is 0 Å². The van der Waals surface area contributed by atoms with Crippen molar-refractivity contribution in [1.82, 2.24) is 5.32 Å². The molecule has 1 N–H and O–H groups in total. The first-order chi connectivity index (χ1) is 7.22. The van der Waals surface area contributed by atoms with Crippen molar-refractivity contribution in [3.05, 3.63) is 29.8 Å².